The summed E-state index contributed by atoms with van der Waals surface area (Å²) >= 11 is 0. The van der Waals surface area contributed by atoms with E-state index in [1.165, 1.54) is 0 Å². The van der Waals surface area contributed by atoms with Gasteiger partial charge in [0.25, 0.3) is 0 Å². The Labute approximate surface area is 217 Å². The number of hydrogen-bond donors (Lipinski definition) is 12. The molecule has 226 valence electrons. The number of rotatable bonds is 8. The highest BCUT2D eigenvalue weighted by atomic mass is 16.8. The second-order valence-corrected chi connectivity index (χ2v) is 9.06. The van der Waals surface area contributed by atoms with E-state index in [1.54, 1.807) is 0 Å². The van der Waals surface area contributed by atoms with E-state index in [2.05, 4.69) is 0 Å². The summed E-state index contributed by atoms with van der Waals surface area (Å²) in [7, 11) is 0. The fourth-order valence-electron chi connectivity index (χ4n) is 4.06. The highest BCUT2D eigenvalue weighted by Gasteiger charge is 2.53. The minimum Gasteiger partial charge on any atom is -0.396 e. The predicted octanol–water partition coefficient (Wildman–Crippen LogP) is -7.18. The van der Waals surface area contributed by atoms with Crippen LogP contribution in [0.3, 0.4) is 0 Å². The molecule has 0 spiro atoms. The van der Waals surface area contributed by atoms with E-state index < -0.39 is 112 Å². The first kappa shape index (κ1) is 33.5. The number of ether oxygens (including phenoxy) is 5. The average molecular weight is 565 g/mol. The van der Waals surface area contributed by atoms with Crippen LogP contribution >= 0.6 is 0 Å². The van der Waals surface area contributed by atoms with Crippen LogP contribution < -0.4 is 0 Å². The Hall–Kier alpha value is -0.680. The lowest BCUT2D eigenvalue weighted by Crippen LogP contribution is -2.66. The molecule has 15 atom stereocenters. The second kappa shape index (κ2) is 15.4. The fourth-order valence-corrected chi connectivity index (χ4v) is 4.06. The van der Waals surface area contributed by atoms with E-state index in [0.717, 1.165) is 6.42 Å². The molecule has 2 unspecified atom stereocenters. The van der Waals surface area contributed by atoms with Crippen LogP contribution in [-0.2, 0) is 23.7 Å². The van der Waals surface area contributed by atoms with Crippen LogP contribution in [0, 0.1) is 0 Å². The molecule has 17 heteroatoms. The summed E-state index contributed by atoms with van der Waals surface area (Å²) in [5.41, 5.74) is 0. The SMILES string of the molecule is CCCO.OC[C@H]1OC(O[C@H]2[C@H](O)[C@@H](O)C(O[C@H]3[C@H](O)[C@@H](O)[C@@H](O)O[C@@H]3CO)O[C@@H]2CO)[C@H](O)[C@@H](O)[C@@H]1O. The molecule has 0 aromatic carbocycles. The molecule has 3 rings (SSSR count). The van der Waals surface area contributed by atoms with E-state index in [1.807, 2.05) is 6.92 Å². The van der Waals surface area contributed by atoms with Crippen LogP contribution in [0.15, 0.2) is 0 Å². The van der Waals surface area contributed by atoms with Gasteiger partial charge >= 0.3 is 0 Å². The molecule has 0 aliphatic carbocycles. The standard InChI is InChI=1S/C18H32O16.C3H8O/c19-1-4-7(22)8(23)12(27)17(31-4)34-15-6(3-21)32-18(13(28)10(15)25)33-14-5(2-20)30-16(29)11(26)9(14)24;1-2-3-4/h4-29H,1-3H2;4H,2-3H2,1H3/t4-,5-,6-,7-,8+,9-,10-,11-,12-,13-,14-,15-,16+,17?,18?;/m1./s1. The fraction of sp³-hybridized carbons (Fsp3) is 1.00. The molecule has 0 aromatic heterocycles. The van der Waals surface area contributed by atoms with E-state index in [0.29, 0.717) is 6.61 Å². The van der Waals surface area contributed by atoms with Crippen LogP contribution in [0.5, 0.6) is 0 Å². The van der Waals surface area contributed by atoms with Gasteiger partial charge in [-0.25, -0.2) is 0 Å². The third-order valence-electron chi connectivity index (χ3n) is 6.31. The third-order valence-corrected chi connectivity index (χ3v) is 6.31. The highest BCUT2D eigenvalue weighted by molar-refractivity contribution is 4.96. The molecule has 0 saturated carbocycles. The van der Waals surface area contributed by atoms with Crippen molar-refractivity contribution in [3.8, 4) is 0 Å². The molecule has 38 heavy (non-hydrogen) atoms. The van der Waals surface area contributed by atoms with Gasteiger partial charge in [0.15, 0.2) is 18.9 Å². The average Bonchev–Trinajstić information content (AvgIpc) is 2.92. The Morgan fingerprint density at radius 2 is 0.895 bits per heavy atom. The summed E-state index contributed by atoms with van der Waals surface area (Å²) < 4.78 is 26.4. The first-order valence-electron chi connectivity index (χ1n) is 12.1. The molecule has 12 N–H and O–H groups in total. The van der Waals surface area contributed by atoms with Gasteiger partial charge in [-0.3, -0.25) is 0 Å². The first-order valence-corrected chi connectivity index (χ1v) is 12.1. The Morgan fingerprint density at radius 3 is 1.34 bits per heavy atom. The topological polar surface area (TPSA) is 289 Å². The summed E-state index contributed by atoms with van der Waals surface area (Å²) in [6.07, 6.45) is -24.3. The van der Waals surface area contributed by atoms with Gasteiger partial charge in [-0.15, -0.1) is 0 Å². The minimum absolute atomic E-state index is 0.319. The van der Waals surface area contributed by atoms with Crippen LogP contribution in [0.2, 0.25) is 0 Å². The van der Waals surface area contributed by atoms with Crippen molar-refractivity contribution in [2.24, 2.45) is 0 Å². The molecular formula is C21H40O17. The summed E-state index contributed by atoms with van der Waals surface area (Å²) in [4.78, 5) is 0. The third kappa shape index (κ3) is 7.53. The Balaban J connectivity index is 0.00000118. The van der Waals surface area contributed by atoms with Gasteiger partial charge < -0.3 is 85.0 Å². The van der Waals surface area contributed by atoms with Gasteiger partial charge in [-0.1, -0.05) is 6.92 Å². The molecule has 3 fully saturated rings. The number of aliphatic hydroxyl groups is 12. The molecular weight excluding hydrogens is 524 g/mol. The zero-order chi connectivity index (χ0) is 28.7. The van der Waals surface area contributed by atoms with Crippen LogP contribution in [-0.4, -0.2) is 180 Å². The molecule has 3 heterocycles. The molecule has 17 nitrogen and oxygen atoms in total. The smallest absolute Gasteiger partial charge is 0.187 e. The first-order chi connectivity index (χ1) is 18.0. The van der Waals surface area contributed by atoms with E-state index >= 15 is 0 Å². The Morgan fingerprint density at radius 1 is 0.500 bits per heavy atom. The molecule has 0 radical (unpaired) electrons. The second-order valence-electron chi connectivity index (χ2n) is 9.06. The number of hydrogen-bond acceptors (Lipinski definition) is 17. The van der Waals surface area contributed by atoms with Gasteiger partial charge in [0.05, 0.1) is 19.8 Å². The van der Waals surface area contributed by atoms with Crippen molar-refractivity contribution >= 4 is 0 Å². The van der Waals surface area contributed by atoms with Gasteiger partial charge in [-0.2, -0.15) is 0 Å². The molecule has 3 saturated heterocycles. The lowest BCUT2D eigenvalue weighted by atomic mass is 9.96. The van der Waals surface area contributed by atoms with Crippen LogP contribution in [0.4, 0.5) is 0 Å². The van der Waals surface area contributed by atoms with Gasteiger partial charge in [0.1, 0.15) is 73.2 Å². The summed E-state index contributed by atoms with van der Waals surface area (Å²) in [5.74, 6) is 0. The Kier molecular flexibility index (Phi) is 13.5. The zero-order valence-corrected chi connectivity index (χ0v) is 20.6. The van der Waals surface area contributed by atoms with Crippen molar-refractivity contribution in [1.29, 1.82) is 0 Å². The highest BCUT2D eigenvalue weighted by Crippen LogP contribution is 2.32. The maximum absolute atomic E-state index is 10.6. The van der Waals surface area contributed by atoms with Gasteiger partial charge in [0, 0.05) is 6.61 Å². The van der Waals surface area contributed by atoms with E-state index in [9.17, 15) is 56.2 Å². The maximum atomic E-state index is 10.6. The normalized spacial score (nSPS) is 47.8. The lowest BCUT2D eigenvalue weighted by molar-refractivity contribution is -0.377. The summed E-state index contributed by atoms with van der Waals surface area (Å²) in [6, 6.07) is 0. The quantitative estimate of drug-likeness (QED) is 0.130. The summed E-state index contributed by atoms with van der Waals surface area (Å²) in [5, 5.41) is 117. The van der Waals surface area contributed by atoms with Crippen LogP contribution in [0.25, 0.3) is 0 Å². The molecule has 3 aliphatic rings. The molecule has 0 aromatic rings. The molecule has 0 bridgehead atoms. The lowest BCUT2D eigenvalue weighted by Gasteiger charge is -2.47. The predicted molar refractivity (Wildman–Crippen MR) is 119 cm³/mol. The summed E-state index contributed by atoms with van der Waals surface area (Å²) in [6.45, 7) is -0.0712. The van der Waals surface area contributed by atoms with Crippen LogP contribution in [0.1, 0.15) is 13.3 Å². The van der Waals surface area contributed by atoms with Crippen molar-refractivity contribution in [1.82, 2.24) is 0 Å². The minimum atomic E-state index is -1.91. The number of aliphatic hydroxyl groups excluding tert-OH is 12. The van der Waals surface area contributed by atoms with Gasteiger partial charge in [0.2, 0.25) is 0 Å². The monoisotopic (exact) mass is 564 g/mol. The molecule has 0 amide bonds. The van der Waals surface area contributed by atoms with Crippen molar-refractivity contribution in [2.45, 2.75) is 105 Å². The Bertz CT molecular complexity index is 666. The largest absolute Gasteiger partial charge is 0.396 e. The maximum Gasteiger partial charge on any atom is 0.187 e. The van der Waals surface area contributed by atoms with E-state index in [-0.39, 0.29) is 0 Å². The van der Waals surface area contributed by atoms with Crippen molar-refractivity contribution in [2.75, 3.05) is 26.4 Å². The zero-order valence-electron chi connectivity index (χ0n) is 20.6. The van der Waals surface area contributed by atoms with Gasteiger partial charge in [-0.05, 0) is 6.42 Å². The van der Waals surface area contributed by atoms with Crippen molar-refractivity contribution in [3.05, 3.63) is 0 Å². The van der Waals surface area contributed by atoms with E-state index in [4.69, 9.17) is 28.8 Å². The van der Waals surface area contributed by atoms with Crippen molar-refractivity contribution in [3.63, 3.8) is 0 Å². The van der Waals surface area contributed by atoms with Crippen molar-refractivity contribution < 1.29 is 85.0 Å². The molecule has 3 aliphatic heterocycles.